The minimum absolute atomic E-state index is 0.0573. The van der Waals surface area contributed by atoms with Gasteiger partial charge in [0.25, 0.3) is 5.91 Å². The number of aliphatic carboxylic acids is 1. The number of hydrogen-bond donors (Lipinski definition) is 2. The Morgan fingerprint density at radius 3 is 2.38 bits per heavy atom. The molecule has 0 aromatic heterocycles. The fraction of sp³-hybridized carbons (Fsp3) is 0.385. The lowest BCUT2D eigenvalue weighted by Gasteiger charge is -2.40. The van der Waals surface area contributed by atoms with Gasteiger partial charge in [0.2, 0.25) is 11.8 Å². The van der Waals surface area contributed by atoms with Gasteiger partial charge in [-0.05, 0) is 35.6 Å². The van der Waals surface area contributed by atoms with E-state index in [0.717, 1.165) is 16.7 Å². The molecule has 0 unspecified atom stereocenters. The predicted octanol–water partition coefficient (Wildman–Crippen LogP) is 3.16. The van der Waals surface area contributed by atoms with Gasteiger partial charge in [0.05, 0.1) is 24.2 Å². The zero-order chi connectivity index (χ0) is 24.6. The Kier molecular flexibility index (Phi) is 6.17. The van der Waals surface area contributed by atoms with Gasteiger partial charge in [-0.3, -0.25) is 19.2 Å². The van der Waals surface area contributed by atoms with Crippen molar-refractivity contribution in [1.82, 2.24) is 9.80 Å². The molecule has 8 nitrogen and oxygen atoms in total. The van der Waals surface area contributed by atoms with E-state index in [1.165, 1.54) is 4.90 Å². The molecule has 2 aromatic carbocycles. The highest BCUT2D eigenvalue weighted by molar-refractivity contribution is 6.10. The number of nitrogens with zero attached hydrogens (tertiary/aromatic N) is 2. The summed E-state index contributed by atoms with van der Waals surface area (Å²) in [7, 11) is 0. The van der Waals surface area contributed by atoms with Crippen LogP contribution in [0.1, 0.15) is 42.6 Å². The maximum Gasteiger partial charge on any atom is 0.303 e. The zero-order valence-electron chi connectivity index (χ0n) is 19.6. The van der Waals surface area contributed by atoms with Gasteiger partial charge in [-0.1, -0.05) is 49.7 Å². The maximum atomic E-state index is 13.4. The second-order valence-electron chi connectivity index (χ2n) is 9.88. The lowest BCUT2D eigenvalue weighted by atomic mass is 9.85. The molecule has 3 amide bonds. The highest BCUT2D eigenvalue weighted by atomic mass is 16.4. The summed E-state index contributed by atoms with van der Waals surface area (Å²) in [6.45, 7) is 6.09. The molecule has 8 heteroatoms. The average Bonchev–Trinajstić information content (AvgIpc) is 2.87. The van der Waals surface area contributed by atoms with Gasteiger partial charge in [0.1, 0.15) is 6.04 Å². The standard InChI is InChI=1S/C26H29N3O5/c1-16-4-6-17(7-5-16)18-8-9-20-19(12-18)25(34)29-11-10-28(15-21(29)24(33)27-20)22(30)13-26(2,3)14-23(31)32/h4-9,12,21H,10-11,13-15H2,1-3H3,(H,27,33)(H,31,32)/t21-/m1/s1. The number of rotatable bonds is 5. The van der Waals surface area contributed by atoms with Crippen LogP contribution in [-0.2, 0) is 14.4 Å². The lowest BCUT2D eigenvalue weighted by molar-refractivity contribution is -0.141. The molecule has 1 saturated heterocycles. The van der Waals surface area contributed by atoms with Crippen LogP contribution in [0.3, 0.4) is 0 Å². The summed E-state index contributed by atoms with van der Waals surface area (Å²) >= 11 is 0. The Labute approximate surface area is 198 Å². The molecule has 0 saturated carbocycles. The quantitative estimate of drug-likeness (QED) is 0.708. The van der Waals surface area contributed by atoms with Gasteiger partial charge in [-0.2, -0.15) is 0 Å². The van der Waals surface area contributed by atoms with Crippen LogP contribution in [0, 0.1) is 12.3 Å². The van der Waals surface area contributed by atoms with E-state index in [0.29, 0.717) is 17.8 Å². The smallest absolute Gasteiger partial charge is 0.303 e. The summed E-state index contributed by atoms with van der Waals surface area (Å²) in [5.74, 6) is -1.75. The van der Waals surface area contributed by atoms with Crippen molar-refractivity contribution >= 4 is 29.4 Å². The molecule has 4 rings (SSSR count). The van der Waals surface area contributed by atoms with Gasteiger partial charge in [-0.15, -0.1) is 0 Å². The fourth-order valence-corrected chi connectivity index (χ4v) is 4.60. The van der Waals surface area contributed by atoms with Crippen molar-refractivity contribution in [1.29, 1.82) is 0 Å². The molecule has 0 radical (unpaired) electrons. The van der Waals surface area contributed by atoms with E-state index in [2.05, 4.69) is 5.32 Å². The second kappa shape index (κ2) is 8.93. The molecule has 0 spiro atoms. The Bertz CT molecular complexity index is 1160. The van der Waals surface area contributed by atoms with E-state index in [1.807, 2.05) is 37.3 Å². The second-order valence-corrected chi connectivity index (χ2v) is 9.88. The molecule has 34 heavy (non-hydrogen) atoms. The van der Waals surface area contributed by atoms with Crippen LogP contribution in [0.5, 0.6) is 0 Å². The number of carboxylic acid groups (broad SMARTS) is 1. The Morgan fingerprint density at radius 2 is 1.71 bits per heavy atom. The van der Waals surface area contributed by atoms with Gasteiger partial charge in [-0.25, -0.2) is 0 Å². The normalized spacial score (nSPS) is 18.0. The van der Waals surface area contributed by atoms with Crippen LogP contribution in [-0.4, -0.2) is 64.3 Å². The molecule has 2 N–H and O–H groups in total. The molecule has 2 heterocycles. The molecular formula is C26H29N3O5. The summed E-state index contributed by atoms with van der Waals surface area (Å²) < 4.78 is 0. The van der Waals surface area contributed by atoms with E-state index in [-0.39, 0.29) is 43.7 Å². The lowest BCUT2D eigenvalue weighted by Crippen LogP contribution is -2.59. The van der Waals surface area contributed by atoms with Crippen molar-refractivity contribution in [2.45, 2.75) is 39.7 Å². The molecule has 178 valence electrons. The third kappa shape index (κ3) is 4.81. The number of piperazine rings is 1. The van der Waals surface area contributed by atoms with Crippen molar-refractivity contribution in [2.24, 2.45) is 5.41 Å². The summed E-state index contributed by atoms with van der Waals surface area (Å²) in [5.41, 5.74) is 3.19. The van der Waals surface area contributed by atoms with E-state index in [4.69, 9.17) is 5.11 Å². The Balaban J connectivity index is 1.54. The molecule has 1 atom stereocenters. The molecule has 2 aromatic rings. The van der Waals surface area contributed by atoms with Crippen molar-refractivity contribution in [3.8, 4) is 11.1 Å². The minimum atomic E-state index is -0.959. The largest absolute Gasteiger partial charge is 0.481 e. The van der Waals surface area contributed by atoms with Crippen molar-refractivity contribution < 1.29 is 24.3 Å². The van der Waals surface area contributed by atoms with Gasteiger partial charge in [0.15, 0.2) is 0 Å². The summed E-state index contributed by atoms with van der Waals surface area (Å²) in [6, 6.07) is 12.6. The van der Waals surface area contributed by atoms with Crippen LogP contribution < -0.4 is 5.32 Å². The number of amides is 3. The number of anilines is 1. The maximum absolute atomic E-state index is 13.4. The number of fused-ring (bicyclic) bond motifs is 2. The first-order chi connectivity index (χ1) is 16.0. The number of aryl methyl sites for hydroxylation is 1. The average molecular weight is 464 g/mol. The van der Waals surface area contributed by atoms with Crippen LogP contribution in [0.15, 0.2) is 42.5 Å². The van der Waals surface area contributed by atoms with E-state index in [1.54, 1.807) is 30.9 Å². The monoisotopic (exact) mass is 463 g/mol. The van der Waals surface area contributed by atoms with Gasteiger partial charge in [0, 0.05) is 19.5 Å². The number of carbonyl (C=O) groups excluding carboxylic acids is 3. The van der Waals surface area contributed by atoms with Crippen molar-refractivity contribution in [3.05, 3.63) is 53.6 Å². The number of carbonyl (C=O) groups is 4. The topological polar surface area (TPSA) is 107 Å². The van der Waals surface area contributed by atoms with Crippen LogP contribution in [0.2, 0.25) is 0 Å². The SMILES string of the molecule is Cc1ccc(-c2ccc3c(c2)C(=O)N2CCN(C(=O)CC(C)(C)CC(=O)O)C[C@@H]2C(=O)N3)cc1. The van der Waals surface area contributed by atoms with Gasteiger partial charge >= 0.3 is 5.97 Å². The summed E-state index contributed by atoms with van der Waals surface area (Å²) in [5, 5.41) is 11.9. The number of hydrogen-bond acceptors (Lipinski definition) is 4. The van der Waals surface area contributed by atoms with Crippen LogP contribution in [0.4, 0.5) is 5.69 Å². The summed E-state index contributed by atoms with van der Waals surface area (Å²) in [4.78, 5) is 53.5. The van der Waals surface area contributed by atoms with Crippen molar-refractivity contribution in [2.75, 3.05) is 25.0 Å². The third-order valence-electron chi connectivity index (χ3n) is 6.45. The molecule has 2 aliphatic rings. The highest BCUT2D eigenvalue weighted by Crippen LogP contribution is 2.31. The minimum Gasteiger partial charge on any atom is -0.481 e. The summed E-state index contributed by atoms with van der Waals surface area (Å²) in [6.07, 6.45) is -0.0680. The van der Waals surface area contributed by atoms with E-state index in [9.17, 15) is 19.2 Å². The van der Waals surface area contributed by atoms with E-state index < -0.39 is 17.4 Å². The van der Waals surface area contributed by atoms with Crippen LogP contribution in [0.25, 0.3) is 11.1 Å². The Morgan fingerprint density at radius 1 is 1.03 bits per heavy atom. The van der Waals surface area contributed by atoms with Gasteiger partial charge < -0.3 is 20.2 Å². The molecule has 2 aliphatic heterocycles. The number of nitrogens with one attached hydrogen (secondary N) is 1. The predicted molar refractivity (Wildman–Crippen MR) is 127 cm³/mol. The molecule has 0 aliphatic carbocycles. The Hall–Kier alpha value is -3.68. The fourth-order valence-electron chi connectivity index (χ4n) is 4.60. The third-order valence-corrected chi connectivity index (χ3v) is 6.45. The number of carboxylic acids is 1. The molecule has 0 bridgehead atoms. The zero-order valence-corrected chi connectivity index (χ0v) is 19.6. The number of benzene rings is 2. The highest BCUT2D eigenvalue weighted by Gasteiger charge is 2.41. The first kappa shape index (κ1) is 23.5. The van der Waals surface area contributed by atoms with E-state index >= 15 is 0 Å². The molecular weight excluding hydrogens is 434 g/mol. The van der Waals surface area contributed by atoms with Crippen LogP contribution >= 0.6 is 0 Å². The van der Waals surface area contributed by atoms with Crippen molar-refractivity contribution in [3.63, 3.8) is 0 Å². The molecule has 1 fully saturated rings. The first-order valence-corrected chi connectivity index (χ1v) is 11.4. The first-order valence-electron chi connectivity index (χ1n) is 11.4.